The summed E-state index contributed by atoms with van der Waals surface area (Å²) in [4.78, 5) is 0. The lowest BCUT2D eigenvalue weighted by molar-refractivity contribution is -0.137. The number of rotatable bonds is 4. The van der Waals surface area contributed by atoms with Gasteiger partial charge in [0.1, 0.15) is 5.75 Å². The summed E-state index contributed by atoms with van der Waals surface area (Å²) in [6, 6.07) is 12.1. The third-order valence-corrected chi connectivity index (χ3v) is 3.52. The molecule has 0 amide bonds. The topological polar surface area (TPSA) is 9.23 Å². The Morgan fingerprint density at radius 3 is 1.86 bits per heavy atom. The van der Waals surface area contributed by atoms with Gasteiger partial charge in [0.05, 0.1) is 17.5 Å². The smallest absolute Gasteiger partial charge is 0.416 e. The van der Waals surface area contributed by atoms with E-state index in [4.69, 9.17) is 16.3 Å². The van der Waals surface area contributed by atoms with Gasteiger partial charge in [-0.05, 0) is 42.3 Å². The highest BCUT2D eigenvalue weighted by molar-refractivity contribution is 6.22. The Kier molecular flexibility index (Phi) is 4.78. The zero-order chi connectivity index (χ0) is 15.5. The first-order chi connectivity index (χ1) is 9.91. The summed E-state index contributed by atoms with van der Waals surface area (Å²) in [5, 5.41) is -0.497. The third kappa shape index (κ3) is 3.91. The van der Waals surface area contributed by atoms with E-state index in [-0.39, 0.29) is 0 Å². The van der Waals surface area contributed by atoms with Gasteiger partial charge in [-0.2, -0.15) is 13.2 Å². The third-order valence-electron chi connectivity index (χ3n) is 3.01. The van der Waals surface area contributed by atoms with Gasteiger partial charge in [0.25, 0.3) is 0 Å². The lowest BCUT2D eigenvalue weighted by atomic mass is 10.0. The Balaban J connectivity index is 2.17. The molecule has 2 rings (SSSR count). The SMILES string of the molecule is CCOc1ccc(C(Cl)c2ccc(C(F)(F)F)cc2)cc1. The van der Waals surface area contributed by atoms with Crippen LogP contribution in [0.1, 0.15) is 29.0 Å². The zero-order valence-corrected chi connectivity index (χ0v) is 12.1. The largest absolute Gasteiger partial charge is 0.494 e. The van der Waals surface area contributed by atoms with Crippen molar-refractivity contribution in [1.29, 1.82) is 0 Å². The fourth-order valence-corrected chi connectivity index (χ4v) is 2.22. The molecule has 0 aliphatic carbocycles. The predicted octanol–water partition coefficient (Wildman–Crippen LogP) is 5.43. The summed E-state index contributed by atoms with van der Waals surface area (Å²) >= 11 is 6.31. The van der Waals surface area contributed by atoms with Crippen molar-refractivity contribution in [3.8, 4) is 5.75 Å². The average Bonchev–Trinajstić information content (AvgIpc) is 2.47. The summed E-state index contributed by atoms with van der Waals surface area (Å²) in [6.45, 7) is 2.46. The summed E-state index contributed by atoms with van der Waals surface area (Å²) < 4.78 is 42.9. The van der Waals surface area contributed by atoms with E-state index in [1.54, 1.807) is 24.3 Å². The first kappa shape index (κ1) is 15.7. The fraction of sp³-hybridized carbons (Fsp3) is 0.250. The number of hydrogen-bond acceptors (Lipinski definition) is 1. The van der Waals surface area contributed by atoms with E-state index < -0.39 is 17.1 Å². The van der Waals surface area contributed by atoms with E-state index in [1.165, 1.54) is 12.1 Å². The highest BCUT2D eigenvalue weighted by Crippen LogP contribution is 2.33. The van der Waals surface area contributed by atoms with Crippen LogP contribution in [-0.2, 0) is 6.18 Å². The van der Waals surface area contributed by atoms with Gasteiger partial charge >= 0.3 is 6.18 Å². The molecule has 0 spiro atoms. The van der Waals surface area contributed by atoms with E-state index >= 15 is 0 Å². The molecule has 5 heteroatoms. The van der Waals surface area contributed by atoms with Crippen LogP contribution in [0, 0.1) is 0 Å². The number of halogens is 4. The molecule has 0 aliphatic rings. The van der Waals surface area contributed by atoms with Crippen LogP contribution in [-0.4, -0.2) is 6.61 Å². The molecule has 1 nitrogen and oxygen atoms in total. The van der Waals surface area contributed by atoms with Crippen molar-refractivity contribution in [1.82, 2.24) is 0 Å². The Bertz CT molecular complexity index is 576. The molecule has 0 aliphatic heterocycles. The van der Waals surface area contributed by atoms with Crippen molar-refractivity contribution in [2.45, 2.75) is 18.5 Å². The van der Waals surface area contributed by atoms with Gasteiger partial charge in [0, 0.05) is 0 Å². The molecular weight excluding hydrogens is 301 g/mol. The van der Waals surface area contributed by atoms with Gasteiger partial charge in [-0.25, -0.2) is 0 Å². The predicted molar refractivity (Wildman–Crippen MR) is 76.8 cm³/mol. The molecule has 0 aromatic heterocycles. The number of ether oxygens (including phenoxy) is 1. The fourth-order valence-electron chi connectivity index (χ4n) is 1.93. The highest BCUT2D eigenvalue weighted by atomic mass is 35.5. The van der Waals surface area contributed by atoms with Gasteiger partial charge in [0.15, 0.2) is 0 Å². The molecule has 0 saturated heterocycles. The maximum absolute atomic E-state index is 12.5. The molecule has 1 unspecified atom stereocenters. The van der Waals surface area contributed by atoms with Gasteiger partial charge in [-0.15, -0.1) is 11.6 Å². The van der Waals surface area contributed by atoms with E-state index in [0.29, 0.717) is 12.2 Å². The average molecular weight is 315 g/mol. The van der Waals surface area contributed by atoms with Crippen molar-refractivity contribution in [2.75, 3.05) is 6.61 Å². The van der Waals surface area contributed by atoms with Crippen LogP contribution in [0.2, 0.25) is 0 Å². The first-order valence-electron chi connectivity index (χ1n) is 6.46. The summed E-state index contributed by atoms with van der Waals surface area (Å²) in [5.41, 5.74) is 0.746. The number of alkyl halides is 4. The van der Waals surface area contributed by atoms with Crippen molar-refractivity contribution in [3.63, 3.8) is 0 Å². The molecule has 0 heterocycles. The second-order valence-corrected chi connectivity index (χ2v) is 4.92. The van der Waals surface area contributed by atoms with Gasteiger partial charge < -0.3 is 4.74 Å². The molecular formula is C16H14ClF3O. The molecule has 0 saturated carbocycles. The minimum absolute atomic E-state index is 0.497. The first-order valence-corrected chi connectivity index (χ1v) is 6.89. The van der Waals surface area contributed by atoms with Crippen LogP contribution in [0.5, 0.6) is 5.75 Å². The second kappa shape index (κ2) is 6.39. The lowest BCUT2D eigenvalue weighted by Crippen LogP contribution is -2.05. The van der Waals surface area contributed by atoms with Crippen LogP contribution in [0.4, 0.5) is 13.2 Å². The van der Waals surface area contributed by atoms with E-state index in [1.807, 2.05) is 6.92 Å². The van der Waals surface area contributed by atoms with Gasteiger partial charge in [0.2, 0.25) is 0 Å². The molecule has 112 valence electrons. The molecule has 0 bridgehead atoms. The molecule has 1 atom stereocenters. The summed E-state index contributed by atoms with van der Waals surface area (Å²) in [7, 11) is 0. The van der Waals surface area contributed by atoms with Crippen LogP contribution in [0.15, 0.2) is 48.5 Å². The van der Waals surface area contributed by atoms with Crippen LogP contribution < -0.4 is 4.74 Å². The van der Waals surface area contributed by atoms with Crippen LogP contribution in [0.25, 0.3) is 0 Å². The molecule has 2 aromatic rings. The monoisotopic (exact) mass is 314 g/mol. The Morgan fingerprint density at radius 1 is 0.952 bits per heavy atom. The maximum atomic E-state index is 12.5. The quantitative estimate of drug-likeness (QED) is 0.683. The summed E-state index contributed by atoms with van der Waals surface area (Å²) in [6.07, 6.45) is -4.33. The van der Waals surface area contributed by atoms with Crippen LogP contribution >= 0.6 is 11.6 Å². The summed E-state index contributed by atoms with van der Waals surface area (Å²) in [5.74, 6) is 0.734. The zero-order valence-electron chi connectivity index (χ0n) is 11.3. The normalized spacial score (nSPS) is 13.0. The molecule has 2 aromatic carbocycles. The van der Waals surface area contributed by atoms with Gasteiger partial charge in [-0.1, -0.05) is 24.3 Å². The highest BCUT2D eigenvalue weighted by Gasteiger charge is 2.30. The maximum Gasteiger partial charge on any atom is 0.416 e. The van der Waals surface area contributed by atoms with Crippen molar-refractivity contribution >= 4 is 11.6 Å². The van der Waals surface area contributed by atoms with E-state index in [0.717, 1.165) is 23.4 Å². The Hall–Kier alpha value is -1.68. The lowest BCUT2D eigenvalue weighted by Gasteiger charge is -2.13. The van der Waals surface area contributed by atoms with E-state index in [9.17, 15) is 13.2 Å². The molecule has 21 heavy (non-hydrogen) atoms. The van der Waals surface area contributed by atoms with Crippen molar-refractivity contribution in [2.24, 2.45) is 0 Å². The molecule has 0 N–H and O–H groups in total. The Morgan fingerprint density at radius 2 is 1.43 bits per heavy atom. The Labute approximate surface area is 126 Å². The van der Waals surface area contributed by atoms with Crippen molar-refractivity contribution in [3.05, 3.63) is 65.2 Å². The van der Waals surface area contributed by atoms with E-state index in [2.05, 4.69) is 0 Å². The molecule has 0 fully saturated rings. The minimum Gasteiger partial charge on any atom is -0.494 e. The minimum atomic E-state index is -4.33. The number of hydrogen-bond donors (Lipinski definition) is 0. The molecule has 0 radical (unpaired) electrons. The van der Waals surface area contributed by atoms with Gasteiger partial charge in [-0.3, -0.25) is 0 Å². The standard InChI is InChI=1S/C16H14ClF3O/c1-2-21-14-9-5-12(6-10-14)15(17)11-3-7-13(8-4-11)16(18,19)20/h3-10,15H,2H2,1H3. The second-order valence-electron chi connectivity index (χ2n) is 4.48. The van der Waals surface area contributed by atoms with Crippen molar-refractivity contribution < 1.29 is 17.9 Å². The number of benzene rings is 2. The van der Waals surface area contributed by atoms with Crippen LogP contribution in [0.3, 0.4) is 0 Å².